The van der Waals surface area contributed by atoms with Crippen molar-refractivity contribution in [3.05, 3.63) is 0 Å². The third kappa shape index (κ3) is 3.02. The minimum Gasteiger partial charge on any atom is -0.443 e. The molecule has 4 heteroatoms. The van der Waals surface area contributed by atoms with Crippen molar-refractivity contribution >= 4 is 6.09 Å². The van der Waals surface area contributed by atoms with E-state index in [4.69, 9.17) is 9.47 Å². The topological polar surface area (TPSA) is 47.6 Å². The van der Waals surface area contributed by atoms with E-state index in [-0.39, 0.29) is 24.2 Å². The standard InChI is InChI=1S/C30H49NO3/c1-18(2)25(34-26(32)31-6)22-10-8-20-23(33-22)16-21-19-9-11-24-27(3,4)12-7-13-30(24)17-29(19,30)15-14-28(20,21)5/h18-25H,7-17H2,1-6H3,(H,31,32)/t19?,20?,21?,22?,23?,24?,25-,28?,29+,30?/m1/s1. The van der Waals surface area contributed by atoms with Crippen LogP contribution in [-0.4, -0.2) is 31.5 Å². The molecule has 5 saturated carbocycles. The van der Waals surface area contributed by atoms with Gasteiger partial charge in [0.1, 0.15) is 6.10 Å². The maximum absolute atomic E-state index is 12.0. The zero-order valence-corrected chi connectivity index (χ0v) is 22.6. The molecule has 1 saturated heterocycles. The van der Waals surface area contributed by atoms with Gasteiger partial charge in [0.05, 0.1) is 12.2 Å². The van der Waals surface area contributed by atoms with E-state index < -0.39 is 0 Å². The molecule has 34 heavy (non-hydrogen) atoms. The van der Waals surface area contributed by atoms with Crippen LogP contribution in [0, 0.1) is 51.2 Å². The number of alkyl carbamates (subject to hydrolysis) is 1. The van der Waals surface area contributed by atoms with Gasteiger partial charge in [-0.25, -0.2) is 4.79 Å². The summed E-state index contributed by atoms with van der Waals surface area (Å²) >= 11 is 0. The van der Waals surface area contributed by atoms with Gasteiger partial charge in [-0.2, -0.15) is 0 Å². The van der Waals surface area contributed by atoms with Gasteiger partial charge in [0.25, 0.3) is 0 Å². The first-order valence-electron chi connectivity index (χ1n) is 14.6. The van der Waals surface area contributed by atoms with Gasteiger partial charge < -0.3 is 14.8 Å². The minimum absolute atomic E-state index is 0.0402. The first-order chi connectivity index (χ1) is 16.1. The maximum atomic E-state index is 12.0. The van der Waals surface area contributed by atoms with Gasteiger partial charge in [-0.05, 0) is 115 Å². The molecule has 8 unspecified atom stereocenters. The Balaban J connectivity index is 1.23. The van der Waals surface area contributed by atoms with Crippen LogP contribution in [0.1, 0.15) is 105 Å². The summed E-state index contributed by atoms with van der Waals surface area (Å²) < 4.78 is 12.7. The van der Waals surface area contributed by atoms with Gasteiger partial charge >= 0.3 is 6.09 Å². The number of fused-ring (bicyclic) bond motifs is 4. The molecule has 1 amide bonds. The summed E-state index contributed by atoms with van der Waals surface area (Å²) in [5.74, 6) is 3.67. The zero-order chi connectivity index (χ0) is 24.1. The van der Waals surface area contributed by atoms with E-state index in [1.54, 1.807) is 13.5 Å². The lowest BCUT2D eigenvalue weighted by atomic mass is 9.46. The molecule has 2 spiro atoms. The van der Waals surface area contributed by atoms with E-state index in [9.17, 15) is 4.79 Å². The fraction of sp³-hybridized carbons (Fsp3) is 0.967. The Bertz CT molecular complexity index is 839. The van der Waals surface area contributed by atoms with Crippen LogP contribution in [0.3, 0.4) is 0 Å². The molecule has 0 aromatic heterocycles. The average molecular weight is 472 g/mol. The lowest BCUT2D eigenvalue weighted by molar-refractivity contribution is -0.145. The van der Waals surface area contributed by atoms with Crippen molar-refractivity contribution < 1.29 is 14.3 Å². The molecule has 4 nitrogen and oxygen atoms in total. The van der Waals surface area contributed by atoms with Gasteiger partial charge in [-0.15, -0.1) is 0 Å². The van der Waals surface area contributed by atoms with Crippen molar-refractivity contribution in [2.45, 2.75) is 124 Å². The zero-order valence-electron chi connectivity index (χ0n) is 22.6. The van der Waals surface area contributed by atoms with Crippen LogP contribution in [0.4, 0.5) is 4.79 Å². The summed E-state index contributed by atoms with van der Waals surface area (Å²) in [4.78, 5) is 12.0. The number of nitrogens with one attached hydrogen (secondary N) is 1. The molecular formula is C30H49NO3. The van der Waals surface area contributed by atoms with Gasteiger partial charge in [-0.1, -0.05) is 41.0 Å². The second-order valence-electron chi connectivity index (χ2n) is 14.7. The van der Waals surface area contributed by atoms with Crippen LogP contribution in [0.5, 0.6) is 0 Å². The van der Waals surface area contributed by atoms with E-state index in [1.807, 2.05) is 0 Å². The smallest absolute Gasteiger partial charge is 0.407 e. The summed E-state index contributed by atoms with van der Waals surface area (Å²) in [6.07, 6.45) is 15.2. The Hall–Kier alpha value is -0.770. The normalized spacial score (nSPS) is 51.3. The molecule has 1 aliphatic heterocycles. The molecule has 0 aromatic carbocycles. The lowest BCUT2D eigenvalue weighted by Gasteiger charge is -2.58. The van der Waals surface area contributed by atoms with E-state index in [0.29, 0.717) is 33.7 Å². The number of rotatable bonds is 3. The minimum atomic E-state index is -0.329. The molecule has 5 aliphatic carbocycles. The second kappa shape index (κ2) is 7.62. The summed E-state index contributed by atoms with van der Waals surface area (Å²) in [6.45, 7) is 12.1. The first-order valence-corrected chi connectivity index (χ1v) is 14.6. The van der Waals surface area contributed by atoms with Gasteiger partial charge in [0.2, 0.25) is 0 Å². The third-order valence-electron chi connectivity index (χ3n) is 12.8. The fourth-order valence-corrected chi connectivity index (χ4v) is 11.4. The van der Waals surface area contributed by atoms with Crippen LogP contribution in [0.15, 0.2) is 0 Å². The summed E-state index contributed by atoms with van der Waals surface area (Å²) in [6, 6.07) is 0. The number of hydrogen-bond donors (Lipinski definition) is 1. The average Bonchev–Trinajstić information content (AvgIpc) is 3.36. The van der Waals surface area contributed by atoms with E-state index in [0.717, 1.165) is 24.2 Å². The van der Waals surface area contributed by atoms with E-state index in [2.05, 4.69) is 39.9 Å². The Morgan fingerprint density at radius 3 is 2.44 bits per heavy atom. The molecule has 1 N–H and O–H groups in total. The Kier molecular flexibility index (Phi) is 5.29. The molecule has 6 fully saturated rings. The molecule has 0 radical (unpaired) electrons. The predicted octanol–water partition coefficient (Wildman–Crippen LogP) is 6.96. The number of amides is 1. The van der Waals surface area contributed by atoms with Crippen molar-refractivity contribution in [2.24, 2.45) is 51.2 Å². The summed E-state index contributed by atoms with van der Waals surface area (Å²) in [5.41, 5.74) is 2.33. The van der Waals surface area contributed by atoms with Crippen LogP contribution < -0.4 is 5.32 Å². The van der Waals surface area contributed by atoms with Crippen molar-refractivity contribution in [2.75, 3.05) is 7.05 Å². The Labute approximate surface area is 207 Å². The summed E-state index contributed by atoms with van der Waals surface area (Å²) in [7, 11) is 1.64. The van der Waals surface area contributed by atoms with Crippen LogP contribution in [-0.2, 0) is 9.47 Å². The molecule has 6 rings (SSSR count). The number of carbonyl (C=O) groups is 1. The molecule has 0 bridgehead atoms. The van der Waals surface area contributed by atoms with E-state index >= 15 is 0 Å². The highest BCUT2D eigenvalue weighted by atomic mass is 16.6. The molecule has 0 aromatic rings. The maximum Gasteiger partial charge on any atom is 0.407 e. The fourth-order valence-electron chi connectivity index (χ4n) is 11.4. The van der Waals surface area contributed by atoms with Gasteiger partial charge in [0, 0.05) is 7.05 Å². The SMILES string of the molecule is CNC(=O)O[C@H](C(C)C)C1CCC2C(CC3C4CCC5C(C)(C)CCCC56C[C@@]46CCC23C)O1. The van der Waals surface area contributed by atoms with Gasteiger partial charge in [0.15, 0.2) is 0 Å². The van der Waals surface area contributed by atoms with Crippen LogP contribution in [0.2, 0.25) is 0 Å². The second-order valence-corrected chi connectivity index (χ2v) is 14.7. The molecule has 10 atom stereocenters. The van der Waals surface area contributed by atoms with Crippen molar-refractivity contribution in [3.8, 4) is 0 Å². The third-order valence-corrected chi connectivity index (χ3v) is 12.8. The Morgan fingerprint density at radius 1 is 0.941 bits per heavy atom. The predicted molar refractivity (Wildman–Crippen MR) is 134 cm³/mol. The van der Waals surface area contributed by atoms with Gasteiger partial charge in [-0.3, -0.25) is 0 Å². The van der Waals surface area contributed by atoms with Crippen LogP contribution in [0.25, 0.3) is 0 Å². The van der Waals surface area contributed by atoms with Crippen LogP contribution >= 0.6 is 0 Å². The highest BCUT2D eigenvalue weighted by Gasteiger charge is 2.79. The number of hydrogen-bond acceptors (Lipinski definition) is 3. The lowest BCUT2D eigenvalue weighted by Crippen LogP contribution is -2.51. The van der Waals surface area contributed by atoms with Crippen molar-refractivity contribution in [3.63, 3.8) is 0 Å². The highest BCUT2D eigenvalue weighted by molar-refractivity contribution is 5.66. The number of ether oxygens (including phenoxy) is 2. The highest BCUT2D eigenvalue weighted by Crippen LogP contribution is 2.87. The largest absolute Gasteiger partial charge is 0.443 e. The first kappa shape index (κ1) is 23.6. The van der Waals surface area contributed by atoms with Crippen molar-refractivity contribution in [1.29, 1.82) is 0 Å². The van der Waals surface area contributed by atoms with E-state index in [1.165, 1.54) is 57.8 Å². The quantitative estimate of drug-likeness (QED) is 0.484. The number of carbonyl (C=O) groups excluding carboxylic acids is 1. The molecular weight excluding hydrogens is 422 g/mol. The summed E-state index contributed by atoms with van der Waals surface area (Å²) in [5, 5.41) is 2.63. The molecule has 6 aliphatic rings. The van der Waals surface area contributed by atoms with Crippen molar-refractivity contribution in [1.82, 2.24) is 5.32 Å². The monoisotopic (exact) mass is 471 g/mol. The Morgan fingerprint density at radius 2 is 1.71 bits per heavy atom. The molecule has 192 valence electrons. The molecule has 1 heterocycles.